The number of aromatic nitrogens is 7. The number of imidazole rings is 1. The monoisotopic (exact) mass is 345 g/mol. The molecule has 4 aromatic heterocycles. The van der Waals surface area contributed by atoms with Gasteiger partial charge in [-0.1, -0.05) is 30.1 Å². The molecule has 0 radical (unpaired) electrons. The summed E-state index contributed by atoms with van der Waals surface area (Å²) in [5, 5.41) is 14.0. The second-order valence-corrected chi connectivity index (χ2v) is 6.76. The van der Waals surface area contributed by atoms with Gasteiger partial charge in [-0.2, -0.15) is 4.98 Å². The molecule has 0 saturated heterocycles. The Morgan fingerprint density at radius 3 is 2.88 bits per heavy atom. The standard InChI is InChI=1S/C18H15N7O/c1-2-6-11(5-1)15-20-18(26-23-15)17-22-21-16-12-7-3-4-8-13(12)24-10-19-9-14(24)25(16)17/h3-4,7-11H,1-2,5-6H2. The first-order valence-corrected chi connectivity index (χ1v) is 8.82. The van der Waals surface area contributed by atoms with E-state index in [0.717, 1.165) is 40.9 Å². The van der Waals surface area contributed by atoms with E-state index in [1.807, 2.05) is 33.1 Å². The van der Waals surface area contributed by atoms with Crippen LogP contribution in [-0.4, -0.2) is 34.1 Å². The van der Waals surface area contributed by atoms with Gasteiger partial charge in [0, 0.05) is 11.3 Å². The van der Waals surface area contributed by atoms with E-state index in [-0.39, 0.29) is 0 Å². The van der Waals surface area contributed by atoms with Gasteiger partial charge in [0.25, 0.3) is 5.89 Å². The molecule has 8 nitrogen and oxygen atoms in total. The number of benzene rings is 1. The second-order valence-electron chi connectivity index (χ2n) is 6.76. The molecule has 128 valence electrons. The maximum atomic E-state index is 5.55. The van der Waals surface area contributed by atoms with Crippen LogP contribution in [0.5, 0.6) is 0 Å². The zero-order valence-corrected chi connectivity index (χ0v) is 13.9. The molecule has 0 amide bonds. The largest absolute Gasteiger partial charge is 0.330 e. The summed E-state index contributed by atoms with van der Waals surface area (Å²) in [6, 6.07) is 8.06. The Balaban J connectivity index is 1.63. The third kappa shape index (κ3) is 1.81. The Bertz CT molecular complexity index is 1260. The van der Waals surface area contributed by atoms with Gasteiger partial charge in [-0.25, -0.2) is 4.98 Å². The van der Waals surface area contributed by atoms with Crippen LogP contribution in [0.1, 0.15) is 37.4 Å². The van der Waals surface area contributed by atoms with Crippen LogP contribution < -0.4 is 0 Å². The van der Waals surface area contributed by atoms with Gasteiger partial charge >= 0.3 is 0 Å². The molecule has 8 heteroatoms. The van der Waals surface area contributed by atoms with Crippen molar-refractivity contribution in [3.05, 3.63) is 42.6 Å². The summed E-state index contributed by atoms with van der Waals surface area (Å²) in [5.74, 6) is 2.12. The maximum Gasteiger partial charge on any atom is 0.296 e. The number of nitrogens with zero attached hydrogens (tertiary/aromatic N) is 7. The molecule has 0 N–H and O–H groups in total. The van der Waals surface area contributed by atoms with E-state index >= 15 is 0 Å². The highest BCUT2D eigenvalue weighted by Crippen LogP contribution is 2.33. The van der Waals surface area contributed by atoms with Crippen molar-refractivity contribution in [3.63, 3.8) is 0 Å². The minimum atomic E-state index is 0.391. The average molecular weight is 345 g/mol. The Morgan fingerprint density at radius 2 is 1.96 bits per heavy atom. The highest BCUT2D eigenvalue weighted by Gasteiger charge is 2.25. The number of para-hydroxylation sites is 1. The molecule has 0 aliphatic heterocycles. The minimum absolute atomic E-state index is 0.391. The topological polar surface area (TPSA) is 86.4 Å². The lowest BCUT2D eigenvalue weighted by Gasteiger charge is -2.05. The molecular weight excluding hydrogens is 330 g/mol. The molecule has 1 fully saturated rings. The number of hydrogen-bond donors (Lipinski definition) is 0. The van der Waals surface area contributed by atoms with Gasteiger partial charge in [0.15, 0.2) is 11.5 Å². The molecule has 0 bridgehead atoms. The molecule has 26 heavy (non-hydrogen) atoms. The molecule has 4 heterocycles. The Kier molecular flexibility index (Phi) is 2.74. The van der Waals surface area contributed by atoms with Gasteiger partial charge in [-0.15, -0.1) is 10.2 Å². The lowest BCUT2D eigenvalue weighted by molar-refractivity contribution is 0.413. The molecule has 0 spiro atoms. The van der Waals surface area contributed by atoms with Crippen molar-refractivity contribution in [3.8, 4) is 11.7 Å². The predicted octanol–water partition coefficient (Wildman–Crippen LogP) is 3.24. The molecule has 1 saturated carbocycles. The molecule has 1 aromatic carbocycles. The molecule has 0 unspecified atom stereocenters. The van der Waals surface area contributed by atoms with E-state index in [1.54, 1.807) is 12.5 Å². The summed E-state index contributed by atoms with van der Waals surface area (Å²) < 4.78 is 9.50. The first kappa shape index (κ1) is 13.9. The fourth-order valence-electron chi connectivity index (χ4n) is 4.00. The highest BCUT2D eigenvalue weighted by atomic mass is 16.5. The smallest absolute Gasteiger partial charge is 0.296 e. The quantitative estimate of drug-likeness (QED) is 0.488. The lowest BCUT2D eigenvalue weighted by Crippen LogP contribution is -1.99. The molecule has 1 aliphatic carbocycles. The van der Waals surface area contributed by atoms with Crippen LogP contribution in [-0.2, 0) is 0 Å². The summed E-state index contributed by atoms with van der Waals surface area (Å²) in [4.78, 5) is 8.93. The third-order valence-corrected chi connectivity index (χ3v) is 5.27. The Hall–Kier alpha value is -3.29. The zero-order valence-electron chi connectivity index (χ0n) is 13.9. The van der Waals surface area contributed by atoms with E-state index in [1.165, 1.54) is 12.8 Å². The van der Waals surface area contributed by atoms with Gasteiger partial charge in [0.1, 0.15) is 12.0 Å². The van der Waals surface area contributed by atoms with Gasteiger partial charge < -0.3 is 4.52 Å². The normalized spacial score (nSPS) is 15.7. The Labute approximate surface area is 147 Å². The van der Waals surface area contributed by atoms with Crippen LogP contribution in [0, 0.1) is 0 Å². The van der Waals surface area contributed by atoms with E-state index in [0.29, 0.717) is 17.6 Å². The molecule has 1 aliphatic rings. The second kappa shape index (κ2) is 5.10. The fraction of sp³-hybridized carbons (Fsp3) is 0.278. The van der Waals surface area contributed by atoms with Gasteiger partial charge in [-0.3, -0.25) is 8.80 Å². The van der Waals surface area contributed by atoms with E-state index < -0.39 is 0 Å². The minimum Gasteiger partial charge on any atom is -0.330 e. The first-order valence-electron chi connectivity index (χ1n) is 8.82. The molecule has 5 aromatic rings. The summed E-state index contributed by atoms with van der Waals surface area (Å²) in [6.07, 6.45) is 8.28. The van der Waals surface area contributed by atoms with Crippen LogP contribution in [0.25, 0.3) is 33.9 Å². The van der Waals surface area contributed by atoms with E-state index in [9.17, 15) is 0 Å². The van der Waals surface area contributed by atoms with E-state index in [2.05, 4.69) is 25.3 Å². The Morgan fingerprint density at radius 1 is 1.08 bits per heavy atom. The summed E-state index contributed by atoms with van der Waals surface area (Å²) in [6.45, 7) is 0. The summed E-state index contributed by atoms with van der Waals surface area (Å²) in [5.41, 5.74) is 2.65. The van der Waals surface area contributed by atoms with Crippen LogP contribution in [0.15, 0.2) is 41.3 Å². The number of hydrogen-bond acceptors (Lipinski definition) is 6. The number of fused-ring (bicyclic) bond motifs is 6. The first-order chi connectivity index (χ1) is 12.9. The van der Waals surface area contributed by atoms with Crippen molar-refractivity contribution in [2.45, 2.75) is 31.6 Å². The molecular formula is C18H15N7O. The SMILES string of the molecule is c1ccc2c(c1)c1nnc(-c3nc(C4CCCC4)no3)n1c1cncn21. The van der Waals surface area contributed by atoms with Crippen LogP contribution in [0.4, 0.5) is 0 Å². The summed E-state index contributed by atoms with van der Waals surface area (Å²) in [7, 11) is 0. The third-order valence-electron chi connectivity index (χ3n) is 5.27. The van der Waals surface area contributed by atoms with Gasteiger partial charge in [-0.05, 0) is 25.0 Å². The maximum absolute atomic E-state index is 5.55. The predicted molar refractivity (Wildman–Crippen MR) is 93.7 cm³/mol. The van der Waals surface area contributed by atoms with Gasteiger partial charge in [0.05, 0.1) is 11.7 Å². The molecule has 0 atom stereocenters. The van der Waals surface area contributed by atoms with Crippen molar-refractivity contribution in [2.75, 3.05) is 0 Å². The zero-order chi connectivity index (χ0) is 17.1. The molecule has 6 rings (SSSR count). The van der Waals surface area contributed by atoms with Crippen molar-refractivity contribution >= 4 is 22.2 Å². The lowest BCUT2D eigenvalue weighted by atomic mass is 10.1. The van der Waals surface area contributed by atoms with Crippen molar-refractivity contribution in [1.29, 1.82) is 0 Å². The van der Waals surface area contributed by atoms with Crippen molar-refractivity contribution in [1.82, 2.24) is 34.1 Å². The van der Waals surface area contributed by atoms with E-state index in [4.69, 9.17) is 4.52 Å². The highest BCUT2D eigenvalue weighted by molar-refractivity contribution is 5.94. The van der Waals surface area contributed by atoms with Crippen molar-refractivity contribution in [2.24, 2.45) is 0 Å². The van der Waals surface area contributed by atoms with Crippen LogP contribution >= 0.6 is 0 Å². The fourth-order valence-corrected chi connectivity index (χ4v) is 4.00. The number of rotatable bonds is 2. The van der Waals surface area contributed by atoms with Crippen LogP contribution in [0.3, 0.4) is 0 Å². The summed E-state index contributed by atoms with van der Waals surface area (Å²) >= 11 is 0. The van der Waals surface area contributed by atoms with Gasteiger partial charge in [0.2, 0.25) is 5.82 Å². The average Bonchev–Trinajstić information content (AvgIpc) is 3.47. The van der Waals surface area contributed by atoms with Crippen molar-refractivity contribution < 1.29 is 4.52 Å². The van der Waals surface area contributed by atoms with Crippen LogP contribution in [0.2, 0.25) is 0 Å².